The van der Waals surface area contributed by atoms with Gasteiger partial charge in [0.05, 0.1) is 16.6 Å². The molecule has 0 saturated heterocycles. The van der Waals surface area contributed by atoms with Gasteiger partial charge in [0.25, 0.3) is 0 Å². The van der Waals surface area contributed by atoms with Crippen LogP contribution in [0.3, 0.4) is 0 Å². The van der Waals surface area contributed by atoms with E-state index < -0.39 is 6.04 Å². The van der Waals surface area contributed by atoms with Crippen LogP contribution >= 0.6 is 11.6 Å². The van der Waals surface area contributed by atoms with Gasteiger partial charge < -0.3 is 11.1 Å². The lowest BCUT2D eigenvalue weighted by molar-refractivity contribution is 0.681. The molecule has 1 aromatic heterocycles. The molecule has 0 aliphatic carbocycles. The van der Waals surface area contributed by atoms with Gasteiger partial charge in [-0.25, -0.2) is 4.98 Å². The highest BCUT2D eigenvalue weighted by molar-refractivity contribution is 6.31. The van der Waals surface area contributed by atoms with Crippen LogP contribution in [0.4, 0.5) is 5.95 Å². The summed E-state index contributed by atoms with van der Waals surface area (Å²) in [5, 5.41) is 13.2. The lowest BCUT2D eigenvalue weighted by Gasteiger charge is -2.28. The number of benzene rings is 2. The first kappa shape index (κ1) is 13.7. The van der Waals surface area contributed by atoms with Crippen LogP contribution in [-0.4, -0.2) is 9.55 Å². The minimum absolute atomic E-state index is 0.306. The molecule has 1 aliphatic rings. The Bertz CT molecular complexity index is 996. The SMILES string of the molecule is N#CC1=C(N)Nc2nc3ccccc3n2C1c1ccccc1Cl. The van der Waals surface area contributed by atoms with Crippen molar-refractivity contribution in [1.82, 2.24) is 9.55 Å². The number of hydrogen-bond acceptors (Lipinski definition) is 4. The van der Waals surface area contributed by atoms with E-state index in [0.717, 1.165) is 16.6 Å². The fraction of sp³-hybridized carbons (Fsp3) is 0.0588. The van der Waals surface area contributed by atoms with Crippen molar-refractivity contribution in [2.75, 3.05) is 5.32 Å². The molecule has 0 amide bonds. The summed E-state index contributed by atoms with van der Waals surface area (Å²) < 4.78 is 1.96. The van der Waals surface area contributed by atoms with E-state index in [1.165, 1.54) is 0 Å². The summed E-state index contributed by atoms with van der Waals surface area (Å²) >= 11 is 6.39. The number of aromatic nitrogens is 2. The van der Waals surface area contributed by atoms with Crippen LogP contribution in [0.15, 0.2) is 59.9 Å². The van der Waals surface area contributed by atoms with E-state index in [2.05, 4.69) is 16.4 Å². The first-order valence-corrected chi connectivity index (χ1v) is 7.46. The van der Waals surface area contributed by atoms with Crippen LogP contribution in [-0.2, 0) is 0 Å². The maximum Gasteiger partial charge on any atom is 0.210 e. The van der Waals surface area contributed by atoms with Gasteiger partial charge in [0.1, 0.15) is 17.9 Å². The third-order valence-electron chi connectivity index (χ3n) is 3.98. The van der Waals surface area contributed by atoms with E-state index in [-0.39, 0.29) is 0 Å². The quantitative estimate of drug-likeness (QED) is 0.720. The molecule has 1 unspecified atom stereocenters. The molecule has 1 aliphatic heterocycles. The molecule has 6 heteroatoms. The van der Waals surface area contributed by atoms with Gasteiger partial charge in [0.2, 0.25) is 5.95 Å². The molecule has 0 spiro atoms. The fourth-order valence-corrected chi connectivity index (χ4v) is 3.21. The zero-order valence-electron chi connectivity index (χ0n) is 12.0. The molecule has 0 radical (unpaired) electrons. The highest BCUT2D eigenvalue weighted by Crippen LogP contribution is 2.39. The van der Waals surface area contributed by atoms with Crippen LogP contribution in [0.25, 0.3) is 11.0 Å². The topological polar surface area (TPSA) is 79.7 Å². The van der Waals surface area contributed by atoms with Crippen molar-refractivity contribution < 1.29 is 0 Å². The lowest BCUT2D eigenvalue weighted by Crippen LogP contribution is -2.27. The number of nitrogens with zero attached hydrogens (tertiary/aromatic N) is 3. The number of nitriles is 1. The van der Waals surface area contributed by atoms with Gasteiger partial charge in [-0.2, -0.15) is 5.26 Å². The average molecular weight is 322 g/mol. The molecule has 4 rings (SSSR count). The number of halogens is 1. The Morgan fingerprint density at radius 3 is 2.70 bits per heavy atom. The number of anilines is 1. The third kappa shape index (κ3) is 1.96. The Hall–Kier alpha value is -2.97. The Labute approximate surface area is 137 Å². The van der Waals surface area contributed by atoms with Crippen LogP contribution in [0.2, 0.25) is 5.02 Å². The van der Waals surface area contributed by atoms with E-state index in [1.54, 1.807) is 0 Å². The molecule has 0 saturated carbocycles. The summed E-state index contributed by atoms with van der Waals surface area (Å²) in [6.07, 6.45) is 0. The number of rotatable bonds is 1. The van der Waals surface area contributed by atoms with Crippen molar-refractivity contribution in [3.63, 3.8) is 0 Å². The summed E-state index contributed by atoms with van der Waals surface area (Å²) in [5.41, 5.74) is 9.05. The zero-order valence-corrected chi connectivity index (χ0v) is 12.7. The van der Waals surface area contributed by atoms with Gasteiger partial charge >= 0.3 is 0 Å². The van der Waals surface area contributed by atoms with Crippen LogP contribution < -0.4 is 11.1 Å². The molecule has 0 bridgehead atoms. The van der Waals surface area contributed by atoms with Crippen LogP contribution in [0, 0.1) is 11.3 Å². The van der Waals surface area contributed by atoms with E-state index in [9.17, 15) is 5.26 Å². The van der Waals surface area contributed by atoms with Crippen molar-refractivity contribution in [3.8, 4) is 6.07 Å². The smallest absolute Gasteiger partial charge is 0.210 e. The maximum atomic E-state index is 9.61. The first-order chi connectivity index (χ1) is 11.2. The van der Waals surface area contributed by atoms with E-state index in [0.29, 0.717) is 22.4 Å². The van der Waals surface area contributed by atoms with Gasteiger partial charge in [-0.05, 0) is 23.8 Å². The van der Waals surface area contributed by atoms with Crippen molar-refractivity contribution >= 4 is 28.6 Å². The van der Waals surface area contributed by atoms with Crippen molar-refractivity contribution in [2.24, 2.45) is 5.73 Å². The zero-order chi connectivity index (χ0) is 16.0. The molecule has 112 valence electrons. The number of para-hydroxylation sites is 2. The van der Waals surface area contributed by atoms with Gasteiger partial charge in [0, 0.05) is 5.02 Å². The minimum atomic E-state index is -0.405. The number of imidazole rings is 1. The second-order valence-electron chi connectivity index (χ2n) is 5.28. The predicted octanol–water partition coefficient (Wildman–Crippen LogP) is 3.40. The van der Waals surface area contributed by atoms with Gasteiger partial charge in [-0.15, -0.1) is 0 Å². The highest BCUT2D eigenvalue weighted by Gasteiger charge is 2.31. The monoisotopic (exact) mass is 321 g/mol. The van der Waals surface area contributed by atoms with Gasteiger partial charge in [0.15, 0.2) is 0 Å². The summed E-state index contributed by atoms with van der Waals surface area (Å²) in [7, 11) is 0. The van der Waals surface area contributed by atoms with Crippen LogP contribution in [0.1, 0.15) is 11.6 Å². The fourth-order valence-electron chi connectivity index (χ4n) is 2.97. The number of fused-ring (bicyclic) bond motifs is 3. The Morgan fingerprint density at radius 1 is 1.17 bits per heavy atom. The minimum Gasteiger partial charge on any atom is -0.384 e. The molecule has 2 heterocycles. The summed E-state index contributed by atoms with van der Waals surface area (Å²) in [6.45, 7) is 0. The van der Waals surface area contributed by atoms with E-state index in [1.807, 2.05) is 53.1 Å². The number of nitrogens with one attached hydrogen (secondary N) is 1. The maximum absolute atomic E-state index is 9.61. The van der Waals surface area contributed by atoms with Gasteiger partial charge in [-0.3, -0.25) is 4.57 Å². The normalized spacial score (nSPS) is 16.8. The molecule has 3 N–H and O–H groups in total. The summed E-state index contributed by atoms with van der Waals surface area (Å²) in [6, 6.07) is 17.0. The molecule has 5 nitrogen and oxygen atoms in total. The second kappa shape index (κ2) is 5.04. The molecule has 0 fully saturated rings. The Kier molecular flexibility index (Phi) is 3.00. The summed E-state index contributed by atoms with van der Waals surface area (Å²) in [5.74, 6) is 0.910. The number of allylic oxidation sites excluding steroid dienone is 1. The number of nitrogens with two attached hydrogens (primary N) is 1. The largest absolute Gasteiger partial charge is 0.384 e. The number of hydrogen-bond donors (Lipinski definition) is 2. The van der Waals surface area contributed by atoms with E-state index in [4.69, 9.17) is 17.3 Å². The van der Waals surface area contributed by atoms with Crippen molar-refractivity contribution in [3.05, 3.63) is 70.5 Å². The Balaban J connectivity index is 2.07. The molecular weight excluding hydrogens is 310 g/mol. The van der Waals surface area contributed by atoms with Crippen LogP contribution in [0.5, 0.6) is 0 Å². The van der Waals surface area contributed by atoms with Crippen molar-refractivity contribution in [2.45, 2.75) is 6.04 Å². The molecule has 23 heavy (non-hydrogen) atoms. The lowest BCUT2D eigenvalue weighted by atomic mass is 9.97. The van der Waals surface area contributed by atoms with Crippen molar-refractivity contribution in [1.29, 1.82) is 5.26 Å². The Morgan fingerprint density at radius 2 is 1.91 bits per heavy atom. The molecular formula is C17H12ClN5. The predicted molar refractivity (Wildman–Crippen MR) is 89.8 cm³/mol. The molecule has 2 aromatic carbocycles. The average Bonchev–Trinajstić information content (AvgIpc) is 2.92. The third-order valence-corrected chi connectivity index (χ3v) is 4.33. The second-order valence-corrected chi connectivity index (χ2v) is 5.69. The van der Waals surface area contributed by atoms with E-state index >= 15 is 0 Å². The molecule has 1 atom stereocenters. The van der Waals surface area contributed by atoms with Gasteiger partial charge in [-0.1, -0.05) is 41.9 Å². The summed E-state index contributed by atoms with van der Waals surface area (Å²) in [4.78, 5) is 4.56. The highest BCUT2D eigenvalue weighted by atomic mass is 35.5. The standard InChI is InChI=1S/C17H12ClN5/c18-12-6-2-1-5-10(12)15-11(9-19)16(20)22-17-21-13-7-3-4-8-14(13)23(15)17/h1-8,15H,20H2,(H,21,22). The first-order valence-electron chi connectivity index (χ1n) is 7.09. The molecule has 3 aromatic rings.